The highest BCUT2D eigenvalue weighted by Crippen LogP contribution is 2.35. The van der Waals surface area contributed by atoms with Gasteiger partial charge in [-0.2, -0.15) is 5.26 Å². The molecule has 35 heavy (non-hydrogen) atoms. The number of anilines is 1. The summed E-state index contributed by atoms with van der Waals surface area (Å²) in [5.74, 6) is 1.08. The minimum atomic E-state index is -0.563. The highest BCUT2D eigenvalue weighted by Gasteiger charge is 2.35. The van der Waals surface area contributed by atoms with E-state index in [4.69, 9.17) is 9.84 Å². The summed E-state index contributed by atoms with van der Waals surface area (Å²) in [6, 6.07) is 8.18. The Kier molecular flexibility index (Phi) is 8.61. The number of rotatable bonds is 10. The number of benzene rings is 1. The summed E-state index contributed by atoms with van der Waals surface area (Å²) in [6.07, 6.45) is 6.26. The van der Waals surface area contributed by atoms with Gasteiger partial charge >= 0.3 is 0 Å². The molecule has 3 rings (SSSR count). The molecule has 1 aromatic carbocycles. The van der Waals surface area contributed by atoms with Crippen LogP contribution in [0.25, 0.3) is 0 Å². The lowest BCUT2D eigenvalue weighted by atomic mass is 9.96. The summed E-state index contributed by atoms with van der Waals surface area (Å²) in [7, 11) is 0. The lowest BCUT2D eigenvalue weighted by Crippen LogP contribution is -2.44. The zero-order chi connectivity index (χ0) is 25.6. The number of nitrogens with one attached hydrogen (secondary N) is 2. The molecule has 1 atom stereocenters. The number of amides is 1. The molecule has 0 bridgehead atoms. The highest BCUT2D eigenvalue weighted by atomic mass is 16.5. The number of hydrogen-bond acceptors (Lipinski definition) is 6. The first kappa shape index (κ1) is 26.3. The Bertz CT molecular complexity index is 1060. The van der Waals surface area contributed by atoms with Crippen LogP contribution < -0.4 is 15.4 Å². The Morgan fingerprint density at radius 3 is 2.66 bits per heavy atom. The van der Waals surface area contributed by atoms with Gasteiger partial charge in [0.25, 0.3) is 5.91 Å². The van der Waals surface area contributed by atoms with Gasteiger partial charge in [-0.1, -0.05) is 33.8 Å². The van der Waals surface area contributed by atoms with Gasteiger partial charge in [-0.3, -0.25) is 4.79 Å². The van der Waals surface area contributed by atoms with Crippen molar-refractivity contribution < 1.29 is 9.53 Å². The largest absolute Gasteiger partial charge is 0.493 e. The Balaban J connectivity index is 2.10. The molecule has 1 saturated carbocycles. The van der Waals surface area contributed by atoms with E-state index in [1.165, 1.54) is 0 Å². The first-order valence-corrected chi connectivity index (χ1v) is 12.8. The Morgan fingerprint density at radius 2 is 2.06 bits per heavy atom. The molecule has 7 heteroatoms. The fourth-order valence-corrected chi connectivity index (χ4v) is 4.66. The van der Waals surface area contributed by atoms with Crippen molar-refractivity contribution in [1.82, 2.24) is 10.3 Å². The van der Waals surface area contributed by atoms with E-state index in [0.29, 0.717) is 29.5 Å². The second-order valence-electron chi connectivity index (χ2n) is 9.54. The Morgan fingerprint density at radius 1 is 1.34 bits per heavy atom. The molecule has 0 aromatic heterocycles. The van der Waals surface area contributed by atoms with Crippen LogP contribution in [0.4, 0.5) is 5.69 Å². The first-order valence-electron chi connectivity index (χ1n) is 12.8. The quantitative estimate of drug-likeness (QED) is 0.400. The maximum atomic E-state index is 13.5. The maximum absolute atomic E-state index is 13.5. The van der Waals surface area contributed by atoms with Crippen LogP contribution in [-0.4, -0.2) is 28.9 Å². The maximum Gasteiger partial charge on any atom is 0.275 e. The van der Waals surface area contributed by atoms with Gasteiger partial charge in [0.1, 0.15) is 17.0 Å². The molecule has 1 unspecified atom stereocenters. The number of allylic oxidation sites excluding steroid dienone is 2. The first-order chi connectivity index (χ1) is 16.8. The molecule has 1 aliphatic heterocycles. The van der Waals surface area contributed by atoms with E-state index >= 15 is 0 Å². The smallest absolute Gasteiger partial charge is 0.275 e. The SMILES string of the molecule is C=C(CCC)N1N=C(c2cc(NC3(C#N)CCCC3)ccc2OCC)NC(=O)/C1=C(\C)C(C)CC. The molecule has 2 aliphatic rings. The number of hydrogen-bond donors (Lipinski definition) is 2. The van der Waals surface area contributed by atoms with Crippen LogP contribution in [0.1, 0.15) is 85.1 Å². The predicted molar refractivity (Wildman–Crippen MR) is 141 cm³/mol. The number of nitrogens with zero attached hydrogens (tertiary/aromatic N) is 3. The van der Waals surface area contributed by atoms with Gasteiger partial charge in [-0.05, 0) is 82.1 Å². The Hall–Kier alpha value is -3.27. The summed E-state index contributed by atoms with van der Waals surface area (Å²) >= 11 is 0. The molecule has 1 fully saturated rings. The van der Waals surface area contributed by atoms with Crippen LogP contribution in [0.15, 0.2) is 46.8 Å². The molecule has 1 aliphatic carbocycles. The summed E-state index contributed by atoms with van der Waals surface area (Å²) < 4.78 is 5.90. The van der Waals surface area contributed by atoms with Gasteiger partial charge < -0.3 is 15.4 Å². The van der Waals surface area contributed by atoms with Crippen molar-refractivity contribution >= 4 is 17.4 Å². The monoisotopic (exact) mass is 477 g/mol. The van der Waals surface area contributed by atoms with Crippen molar-refractivity contribution in [3.63, 3.8) is 0 Å². The van der Waals surface area contributed by atoms with Crippen LogP contribution in [0, 0.1) is 17.2 Å². The highest BCUT2D eigenvalue weighted by molar-refractivity contribution is 6.15. The van der Waals surface area contributed by atoms with Gasteiger partial charge in [-0.15, -0.1) is 5.10 Å². The molecule has 2 N–H and O–H groups in total. The lowest BCUT2D eigenvalue weighted by molar-refractivity contribution is -0.118. The number of carbonyl (C=O) groups excluding carboxylic acids is 1. The molecule has 1 amide bonds. The van der Waals surface area contributed by atoms with Crippen molar-refractivity contribution in [1.29, 1.82) is 5.26 Å². The standard InChI is InChI=1S/C28H39N5O2/c1-7-12-20(5)33-25(21(6)19(4)8-2)27(34)30-26(32-33)23-17-22(13-14-24(23)35-9-3)31-28(18-29)15-10-11-16-28/h13-14,17,19,31H,5,7-12,15-16H2,1-4,6H3,(H,30,32,34)/b25-21-. The van der Waals surface area contributed by atoms with Gasteiger partial charge in [-0.25, -0.2) is 5.01 Å². The average molecular weight is 478 g/mol. The number of hydrazone groups is 1. The molecule has 188 valence electrons. The average Bonchev–Trinajstić information content (AvgIpc) is 3.32. The van der Waals surface area contributed by atoms with E-state index in [-0.39, 0.29) is 11.8 Å². The van der Waals surface area contributed by atoms with Crippen molar-refractivity contribution in [2.75, 3.05) is 11.9 Å². The third kappa shape index (κ3) is 5.70. The number of nitriles is 1. The second-order valence-corrected chi connectivity index (χ2v) is 9.54. The molecule has 1 heterocycles. The fourth-order valence-electron chi connectivity index (χ4n) is 4.66. The van der Waals surface area contributed by atoms with Gasteiger partial charge in [0.15, 0.2) is 5.84 Å². The number of ether oxygens (including phenoxy) is 1. The van der Waals surface area contributed by atoms with Crippen LogP contribution >= 0.6 is 0 Å². The van der Waals surface area contributed by atoms with Gasteiger partial charge in [0.2, 0.25) is 0 Å². The third-order valence-electron chi connectivity index (χ3n) is 7.01. The molecule has 7 nitrogen and oxygen atoms in total. The number of amidine groups is 1. The third-order valence-corrected chi connectivity index (χ3v) is 7.01. The summed E-state index contributed by atoms with van der Waals surface area (Å²) in [6.45, 7) is 14.9. The van der Waals surface area contributed by atoms with E-state index in [9.17, 15) is 10.1 Å². The van der Waals surface area contributed by atoms with Crippen molar-refractivity contribution in [3.8, 4) is 11.8 Å². The second kappa shape index (κ2) is 11.4. The lowest BCUT2D eigenvalue weighted by Gasteiger charge is -2.32. The molecule has 0 saturated heterocycles. The van der Waals surface area contributed by atoms with Gasteiger partial charge in [0, 0.05) is 11.4 Å². The van der Waals surface area contributed by atoms with Crippen molar-refractivity contribution in [2.24, 2.45) is 11.0 Å². The summed E-state index contributed by atoms with van der Waals surface area (Å²) in [4.78, 5) is 13.5. The fraction of sp³-hybridized carbons (Fsp3) is 0.536. The molecular weight excluding hydrogens is 438 g/mol. The van der Waals surface area contributed by atoms with E-state index in [1.54, 1.807) is 5.01 Å². The van der Waals surface area contributed by atoms with E-state index in [1.807, 2.05) is 32.0 Å². The summed E-state index contributed by atoms with van der Waals surface area (Å²) in [5, 5.41) is 22.9. The molecular formula is C28H39N5O2. The topological polar surface area (TPSA) is 89.8 Å². The zero-order valence-electron chi connectivity index (χ0n) is 21.8. The van der Waals surface area contributed by atoms with E-state index in [2.05, 4.69) is 44.1 Å². The normalized spacial score (nSPS) is 19.4. The minimum Gasteiger partial charge on any atom is -0.493 e. The minimum absolute atomic E-state index is 0.199. The van der Waals surface area contributed by atoms with Crippen LogP contribution in [0.5, 0.6) is 5.75 Å². The van der Waals surface area contributed by atoms with Gasteiger partial charge in [0.05, 0.1) is 18.2 Å². The number of carbonyl (C=O) groups is 1. The van der Waals surface area contributed by atoms with Crippen LogP contribution in [0.2, 0.25) is 0 Å². The van der Waals surface area contributed by atoms with Crippen molar-refractivity contribution in [2.45, 2.75) is 85.1 Å². The predicted octanol–water partition coefficient (Wildman–Crippen LogP) is 6.06. The molecule has 0 spiro atoms. The van der Waals surface area contributed by atoms with Crippen LogP contribution in [0.3, 0.4) is 0 Å². The molecule has 0 radical (unpaired) electrons. The zero-order valence-corrected chi connectivity index (χ0v) is 21.8. The Labute approximate surface area is 209 Å². The van der Waals surface area contributed by atoms with Crippen molar-refractivity contribution in [3.05, 3.63) is 47.3 Å². The molecule has 1 aromatic rings. The van der Waals surface area contributed by atoms with E-state index < -0.39 is 5.54 Å². The summed E-state index contributed by atoms with van der Waals surface area (Å²) in [5.41, 5.74) is 3.23. The van der Waals surface area contributed by atoms with E-state index in [0.717, 1.165) is 61.9 Å². The van der Waals surface area contributed by atoms with Crippen LogP contribution in [-0.2, 0) is 4.79 Å².